The zero-order valence-electron chi connectivity index (χ0n) is 7.28. The zero-order valence-corrected chi connectivity index (χ0v) is 8.10. The summed E-state index contributed by atoms with van der Waals surface area (Å²) in [4.78, 5) is 13.0. The predicted molar refractivity (Wildman–Crippen MR) is 53.9 cm³/mol. The van der Waals surface area contributed by atoms with E-state index in [0.29, 0.717) is 0 Å². The van der Waals surface area contributed by atoms with Crippen molar-refractivity contribution in [1.29, 1.82) is 0 Å². The number of hydrogen-bond donors (Lipinski definition) is 0. The Kier molecular flexibility index (Phi) is 2.49. The van der Waals surface area contributed by atoms with Crippen LogP contribution in [0.3, 0.4) is 0 Å². The van der Waals surface area contributed by atoms with Gasteiger partial charge in [-0.2, -0.15) is 0 Å². The molecule has 0 spiro atoms. The fourth-order valence-corrected chi connectivity index (χ4v) is 2.13. The van der Waals surface area contributed by atoms with Gasteiger partial charge in [0.05, 0.1) is 4.88 Å². The molecule has 2 rings (SSSR count). The fraction of sp³-hybridized carbons (Fsp3) is 0.0909. The van der Waals surface area contributed by atoms with Gasteiger partial charge in [-0.05, 0) is 44.7 Å². The third-order valence-electron chi connectivity index (χ3n) is 1.90. The molecule has 0 aliphatic heterocycles. The summed E-state index contributed by atoms with van der Waals surface area (Å²) >= 11 is 1.55. The van der Waals surface area contributed by atoms with Crippen LogP contribution >= 0.6 is 11.3 Å². The van der Waals surface area contributed by atoms with Crippen molar-refractivity contribution in [3.63, 3.8) is 0 Å². The topological polar surface area (TPSA) is 17.1 Å². The van der Waals surface area contributed by atoms with Crippen LogP contribution in [0.2, 0.25) is 0 Å². The van der Waals surface area contributed by atoms with Crippen molar-refractivity contribution < 1.29 is 4.79 Å². The molecule has 2 heteroatoms. The second-order valence-corrected chi connectivity index (χ2v) is 3.98. The minimum absolute atomic E-state index is 0.141. The van der Waals surface area contributed by atoms with Crippen LogP contribution in [-0.2, 0) is 0 Å². The van der Waals surface area contributed by atoms with E-state index in [1.165, 1.54) is 5.92 Å². The number of ketones is 1. The molecule has 0 unspecified atom stereocenters. The second-order valence-electron chi connectivity index (χ2n) is 2.89. The summed E-state index contributed by atoms with van der Waals surface area (Å²) in [6, 6.07) is 3.88. The molecule has 0 bridgehead atoms. The van der Waals surface area contributed by atoms with E-state index in [1.54, 1.807) is 18.3 Å². The average Bonchev–Trinajstić information content (AvgIpc) is 2.75. The van der Waals surface area contributed by atoms with Gasteiger partial charge >= 0.3 is 0 Å². The summed E-state index contributed by atoms with van der Waals surface area (Å²) in [5, 5.41) is 0. The molecule has 1 saturated carbocycles. The van der Waals surface area contributed by atoms with Crippen LogP contribution in [-0.4, -0.2) is 5.78 Å². The van der Waals surface area contributed by atoms with Crippen molar-refractivity contribution in [1.82, 2.24) is 0 Å². The van der Waals surface area contributed by atoms with E-state index < -0.39 is 0 Å². The highest BCUT2D eigenvalue weighted by molar-refractivity contribution is 7.14. The quantitative estimate of drug-likeness (QED) is 0.654. The molecule has 0 aromatic carbocycles. The molecule has 1 heterocycles. The van der Waals surface area contributed by atoms with Crippen LogP contribution in [0.1, 0.15) is 21.5 Å². The van der Waals surface area contributed by atoms with Gasteiger partial charge in [-0.25, -0.2) is 0 Å². The lowest BCUT2D eigenvalue weighted by Gasteiger charge is -2.01. The van der Waals surface area contributed by atoms with E-state index in [9.17, 15) is 4.79 Å². The summed E-state index contributed by atoms with van der Waals surface area (Å²) < 4.78 is 0. The number of rotatable bonds is 2. The molecule has 1 aromatic rings. The predicted octanol–water partition coefficient (Wildman–Crippen LogP) is 2.70. The molecule has 1 nitrogen and oxygen atoms in total. The number of hydrogen-bond acceptors (Lipinski definition) is 2. The van der Waals surface area contributed by atoms with Crippen molar-refractivity contribution in [3.8, 4) is 0 Å². The highest BCUT2D eigenvalue weighted by atomic mass is 32.1. The first kappa shape index (κ1) is 8.95. The highest BCUT2D eigenvalue weighted by Crippen LogP contribution is 2.34. The molecule has 1 aromatic heterocycles. The van der Waals surface area contributed by atoms with Crippen LogP contribution in [0.4, 0.5) is 0 Å². The van der Waals surface area contributed by atoms with Gasteiger partial charge in [-0.1, -0.05) is 0 Å². The molecule has 0 saturated heterocycles. The summed E-state index contributed by atoms with van der Waals surface area (Å²) in [5.41, 5.74) is 0. The molecule has 13 heavy (non-hydrogen) atoms. The molecule has 5 radical (unpaired) electrons. The lowest BCUT2D eigenvalue weighted by atomic mass is 10.1. The molecule has 1 aliphatic rings. The lowest BCUT2D eigenvalue weighted by molar-refractivity contribution is 0.102. The maximum absolute atomic E-state index is 11.0. The van der Waals surface area contributed by atoms with E-state index in [1.807, 2.05) is 25.0 Å². The maximum atomic E-state index is 11.0. The van der Waals surface area contributed by atoms with Gasteiger partial charge in [-0.3, -0.25) is 4.79 Å². The molecule has 0 N–H and O–H groups in total. The zero-order chi connectivity index (χ0) is 9.26. The maximum Gasteiger partial charge on any atom is 0.169 e. The SMILES string of the molecule is CC(=O)c1ccc([C]2[CH][CH][CH][CH]2)s1. The molecule has 1 fully saturated rings. The molecule has 0 atom stereocenters. The lowest BCUT2D eigenvalue weighted by Crippen LogP contribution is -1.89. The van der Waals surface area contributed by atoms with Crippen LogP contribution in [0.5, 0.6) is 0 Å². The Labute approximate surface area is 82.8 Å². The molecular weight excluding hydrogens is 180 g/mol. The fourth-order valence-electron chi connectivity index (χ4n) is 1.22. The minimum atomic E-state index is 0.141. The van der Waals surface area contributed by atoms with E-state index in [4.69, 9.17) is 0 Å². The highest BCUT2D eigenvalue weighted by Gasteiger charge is 2.20. The Morgan fingerprint density at radius 1 is 1.23 bits per heavy atom. The number of thiophene rings is 1. The molecule has 0 amide bonds. The Morgan fingerprint density at radius 2 is 1.92 bits per heavy atom. The van der Waals surface area contributed by atoms with Crippen LogP contribution in [0.25, 0.3) is 0 Å². The van der Waals surface area contributed by atoms with Gasteiger partial charge in [-0.15, -0.1) is 11.3 Å². The van der Waals surface area contributed by atoms with E-state index in [-0.39, 0.29) is 5.78 Å². The van der Waals surface area contributed by atoms with Gasteiger partial charge in [0.1, 0.15) is 0 Å². The molecular formula is C11H9OS. The summed E-state index contributed by atoms with van der Waals surface area (Å²) in [6.07, 6.45) is 8.11. The summed E-state index contributed by atoms with van der Waals surface area (Å²) in [7, 11) is 0. The van der Waals surface area contributed by atoms with E-state index in [0.717, 1.165) is 9.75 Å². The second kappa shape index (κ2) is 3.62. The van der Waals surface area contributed by atoms with Crippen molar-refractivity contribution in [2.45, 2.75) is 6.92 Å². The number of carbonyl (C=O) groups excluding carboxylic acids is 1. The number of carbonyl (C=O) groups is 1. The van der Waals surface area contributed by atoms with Crippen LogP contribution in [0, 0.1) is 31.6 Å². The van der Waals surface area contributed by atoms with Crippen molar-refractivity contribution in [2.75, 3.05) is 0 Å². The van der Waals surface area contributed by atoms with Crippen molar-refractivity contribution >= 4 is 17.1 Å². The summed E-state index contributed by atoms with van der Waals surface area (Å²) in [6.45, 7) is 1.60. The minimum Gasteiger partial charge on any atom is -0.294 e. The summed E-state index contributed by atoms with van der Waals surface area (Å²) in [5.74, 6) is 1.33. The van der Waals surface area contributed by atoms with Crippen molar-refractivity contribution in [2.24, 2.45) is 0 Å². The average molecular weight is 189 g/mol. The monoisotopic (exact) mass is 189 g/mol. The normalized spacial score (nSPS) is 17.9. The Morgan fingerprint density at radius 3 is 2.46 bits per heavy atom. The van der Waals surface area contributed by atoms with Crippen LogP contribution in [0.15, 0.2) is 12.1 Å². The first-order chi connectivity index (χ1) is 6.27. The van der Waals surface area contributed by atoms with Gasteiger partial charge < -0.3 is 0 Å². The largest absolute Gasteiger partial charge is 0.294 e. The van der Waals surface area contributed by atoms with Crippen molar-refractivity contribution in [3.05, 3.63) is 53.5 Å². The van der Waals surface area contributed by atoms with Gasteiger partial charge in [0.2, 0.25) is 0 Å². The Bertz CT molecular complexity index is 308. The standard InChI is InChI=1S/C11H9OS/c1-8(12)10-6-7-11(13-10)9-4-2-3-5-9/h2-7H,1H3. The van der Waals surface area contributed by atoms with E-state index in [2.05, 4.69) is 12.8 Å². The van der Waals surface area contributed by atoms with Gasteiger partial charge in [0.15, 0.2) is 5.78 Å². The Balaban J connectivity index is 2.16. The van der Waals surface area contributed by atoms with Gasteiger partial charge in [0, 0.05) is 10.8 Å². The molecule has 65 valence electrons. The van der Waals surface area contributed by atoms with E-state index >= 15 is 0 Å². The molecule has 1 aliphatic carbocycles. The van der Waals surface area contributed by atoms with Gasteiger partial charge in [0.25, 0.3) is 0 Å². The third-order valence-corrected chi connectivity index (χ3v) is 3.14. The number of Topliss-reactive ketones (excluding diaryl/α,β-unsaturated/α-hetero) is 1. The first-order valence-corrected chi connectivity index (χ1v) is 4.92. The Hall–Kier alpha value is -0.630. The third kappa shape index (κ3) is 1.83. The van der Waals surface area contributed by atoms with Crippen LogP contribution < -0.4 is 0 Å². The first-order valence-electron chi connectivity index (χ1n) is 4.10. The smallest absolute Gasteiger partial charge is 0.169 e.